The summed E-state index contributed by atoms with van der Waals surface area (Å²) in [5.41, 5.74) is 0.233. The van der Waals surface area contributed by atoms with Gasteiger partial charge in [0.1, 0.15) is 0 Å². The van der Waals surface area contributed by atoms with Crippen molar-refractivity contribution in [2.75, 3.05) is 24.6 Å². The van der Waals surface area contributed by atoms with Crippen LogP contribution in [0.1, 0.15) is 24.5 Å². The van der Waals surface area contributed by atoms with E-state index < -0.39 is 21.6 Å². The van der Waals surface area contributed by atoms with E-state index in [1.165, 1.54) is 12.1 Å². The third kappa shape index (κ3) is 4.71. The van der Waals surface area contributed by atoms with E-state index in [0.29, 0.717) is 13.0 Å². The maximum Gasteiger partial charge on any atom is 0.416 e. The Labute approximate surface area is 129 Å². The highest BCUT2D eigenvalue weighted by molar-refractivity contribution is 7.91. The van der Waals surface area contributed by atoms with Crippen molar-refractivity contribution in [3.05, 3.63) is 35.4 Å². The van der Waals surface area contributed by atoms with Crippen LogP contribution in [0.15, 0.2) is 24.3 Å². The highest BCUT2D eigenvalue weighted by Crippen LogP contribution is 2.29. The maximum atomic E-state index is 12.5. The molecular formula is C15H20F3NO2S. The molecule has 0 aliphatic carbocycles. The van der Waals surface area contributed by atoms with E-state index in [4.69, 9.17) is 0 Å². The van der Waals surface area contributed by atoms with Crippen molar-refractivity contribution in [1.29, 1.82) is 0 Å². The molecule has 2 rings (SSSR count). The summed E-state index contributed by atoms with van der Waals surface area (Å²) in [6.45, 7) is 3.20. The molecule has 1 saturated heterocycles. The van der Waals surface area contributed by atoms with Crippen LogP contribution in [0.3, 0.4) is 0 Å². The Kier molecular flexibility index (Phi) is 5.17. The van der Waals surface area contributed by atoms with Gasteiger partial charge in [0.15, 0.2) is 9.84 Å². The second-order valence-electron chi connectivity index (χ2n) is 5.80. The third-order valence-electron chi connectivity index (χ3n) is 4.00. The summed E-state index contributed by atoms with van der Waals surface area (Å²) >= 11 is 0. The lowest BCUT2D eigenvalue weighted by molar-refractivity contribution is -0.137. The molecule has 0 N–H and O–H groups in total. The number of aryl methyl sites for hydroxylation is 1. The van der Waals surface area contributed by atoms with Crippen molar-refractivity contribution >= 4 is 9.84 Å². The molecule has 1 aliphatic rings. The van der Waals surface area contributed by atoms with Crippen LogP contribution in [0.4, 0.5) is 13.2 Å². The van der Waals surface area contributed by atoms with Crippen molar-refractivity contribution in [2.45, 2.75) is 32.0 Å². The summed E-state index contributed by atoms with van der Waals surface area (Å²) in [5, 5.41) is 0. The molecule has 1 aromatic carbocycles. The average molecular weight is 335 g/mol. The fourth-order valence-electron chi connectivity index (χ4n) is 2.71. The van der Waals surface area contributed by atoms with Gasteiger partial charge in [-0.25, -0.2) is 8.42 Å². The van der Waals surface area contributed by atoms with E-state index in [-0.39, 0.29) is 17.5 Å². The lowest BCUT2D eigenvalue weighted by Gasteiger charge is -2.33. The number of sulfone groups is 1. The van der Waals surface area contributed by atoms with E-state index in [1.807, 2.05) is 6.92 Å². The van der Waals surface area contributed by atoms with Crippen LogP contribution in [0, 0.1) is 0 Å². The number of rotatable bonds is 4. The van der Waals surface area contributed by atoms with Gasteiger partial charge in [-0.05, 0) is 44.0 Å². The smallest absolute Gasteiger partial charge is 0.299 e. The van der Waals surface area contributed by atoms with Gasteiger partial charge in [-0.2, -0.15) is 13.2 Å². The van der Waals surface area contributed by atoms with Crippen LogP contribution in [0.2, 0.25) is 0 Å². The van der Waals surface area contributed by atoms with E-state index in [2.05, 4.69) is 4.90 Å². The minimum absolute atomic E-state index is 0.00588. The highest BCUT2D eigenvalue weighted by Gasteiger charge is 2.30. The second kappa shape index (κ2) is 6.58. The Morgan fingerprint density at radius 1 is 1.23 bits per heavy atom. The molecule has 0 bridgehead atoms. The van der Waals surface area contributed by atoms with Gasteiger partial charge in [0.25, 0.3) is 0 Å². The van der Waals surface area contributed by atoms with E-state index in [0.717, 1.165) is 30.7 Å². The standard InChI is InChI=1S/C15H20F3NO2S/c1-12-11-22(20,21)10-9-19(12)8-2-3-13-4-6-14(7-5-13)15(16,17)18/h4-7,12H,2-3,8-11H2,1H3/t12-/m1/s1. The summed E-state index contributed by atoms with van der Waals surface area (Å²) in [4.78, 5) is 2.13. The zero-order valence-corrected chi connectivity index (χ0v) is 13.3. The molecule has 0 spiro atoms. The Balaban J connectivity index is 1.82. The Morgan fingerprint density at radius 3 is 2.41 bits per heavy atom. The Morgan fingerprint density at radius 2 is 1.86 bits per heavy atom. The van der Waals surface area contributed by atoms with Crippen molar-refractivity contribution in [1.82, 2.24) is 4.90 Å². The highest BCUT2D eigenvalue weighted by atomic mass is 32.2. The molecule has 1 aliphatic heterocycles. The van der Waals surface area contributed by atoms with E-state index in [1.54, 1.807) is 0 Å². The molecule has 1 fully saturated rings. The normalized spacial score (nSPS) is 22.6. The number of halogens is 3. The summed E-state index contributed by atoms with van der Waals surface area (Å²) in [7, 11) is -2.91. The number of benzene rings is 1. The third-order valence-corrected chi connectivity index (χ3v) is 5.79. The number of hydrogen-bond acceptors (Lipinski definition) is 3. The molecule has 1 aromatic rings. The van der Waals surface area contributed by atoms with Crippen molar-refractivity contribution in [3.63, 3.8) is 0 Å². The fraction of sp³-hybridized carbons (Fsp3) is 0.600. The van der Waals surface area contributed by atoms with Gasteiger partial charge in [0.2, 0.25) is 0 Å². The topological polar surface area (TPSA) is 37.4 Å². The maximum absolute atomic E-state index is 12.5. The van der Waals surface area contributed by atoms with Gasteiger partial charge in [-0.3, -0.25) is 4.90 Å². The first-order valence-corrected chi connectivity index (χ1v) is 9.10. The summed E-state index contributed by atoms with van der Waals surface area (Å²) in [6, 6.07) is 5.22. The minimum Gasteiger partial charge on any atom is -0.299 e. The summed E-state index contributed by atoms with van der Waals surface area (Å²) in [5.74, 6) is 0.380. The lowest BCUT2D eigenvalue weighted by Crippen LogP contribution is -2.47. The lowest BCUT2D eigenvalue weighted by atomic mass is 10.1. The zero-order valence-electron chi connectivity index (χ0n) is 12.4. The summed E-state index contributed by atoms with van der Waals surface area (Å²) < 4.78 is 60.4. The molecule has 0 aromatic heterocycles. The van der Waals surface area contributed by atoms with Gasteiger partial charge in [-0.1, -0.05) is 12.1 Å². The molecule has 0 unspecified atom stereocenters. The molecule has 0 amide bonds. The fourth-order valence-corrected chi connectivity index (χ4v) is 4.34. The quantitative estimate of drug-likeness (QED) is 0.849. The monoisotopic (exact) mass is 335 g/mol. The summed E-state index contributed by atoms with van der Waals surface area (Å²) in [6.07, 6.45) is -2.81. The van der Waals surface area contributed by atoms with Crippen molar-refractivity contribution < 1.29 is 21.6 Å². The van der Waals surface area contributed by atoms with Crippen LogP contribution in [-0.4, -0.2) is 44.0 Å². The predicted molar refractivity (Wildman–Crippen MR) is 79.5 cm³/mol. The number of hydrogen-bond donors (Lipinski definition) is 0. The van der Waals surface area contributed by atoms with Crippen LogP contribution < -0.4 is 0 Å². The van der Waals surface area contributed by atoms with E-state index >= 15 is 0 Å². The molecular weight excluding hydrogens is 315 g/mol. The molecule has 1 heterocycles. The van der Waals surface area contributed by atoms with Gasteiger partial charge in [0, 0.05) is 12.6 Å². The van der Waals surface area contributed by atoms with Crippen molar-refractivity contribution in [3.8, 4) is 0 Å². The van der Waals surface area contributed by atoms with Gasteiger partial charge >= 0.3 is 6.18 Å². The predicted octanol–water partition coefficient (Wildman–Crippen LogP) is 2.76. The van der Waals surface area contributed by atoms with Gasteiger partial charge < -0.3 is 0 Å². The Hall–Kier alpha value is -1.08. The van der Waals surface area contributed by atoms with Gasteiger partial charge in [-0.15, -0.1) is 0 Å². The molecule has 7 heteroatoms. The number of alkyl halides is 3. The zero-order chi connectivity index (χ0) is 16.4. The largest absolute Gasteiger partial charge is 0.416 e. The molecule has 124 valence electrons. The molecule has 22 heavy (non-hydrogen) atoms. The Bertz CT molecular complexity index is 596. The van der Waals surface area contributed by atoms with Crippen LogP contribution >= 0.6 is 0 Å². The molecule has 1 atom stereocenters. The second-order valence-corrected chi connectivity index (χ2v) is 8.03. The first-order valence-electron chi connectivity index (χ1n) is 7.28. The molecule has 0 radical (unpaired) electrons. The molecule has 3 nitrogen and oxygen atoms in total. The van der Waals surface area contributed by atoms with Gasteiger partial charge in [0.05, 0.1) is 17.1 Å². The first kappa shape index (κ1) is 17.3. The number of nitrogens with zero attached hydrogens (tertiary/aromatic N) is 1. The van der Waals surface area contributed by atoms with Crippen LogP contribution in [-0.2, 0) is 22.4 Å². The average Bonchev–Trinajstić information content (AvgIpc) is 2.40. The van der Waals surface area contributed by atoms with Crippen LogP contribution in [0.25, 0.3) is 0 Å². The van der Waals surface area contributed by atoms with Crippen molar-refractivity contribution in [2.24, 2.45) is 0 Å². The minimum atomic E-state index is -4.30. The van der Waals surface area contributed by atoms with Crippen LogP contribution in [0.5, 0.6) is 0 Å². The SMILES string of the molecule is C[C@@H]1CS(=O)(=O)CCN1CCCc1ccc(C(F)(F)F)cc1. The van der Waals surface area contributed by atoms with E-state index in [9.17, 15) is 21.6 Å². The molecule has 0 saturated carbocycles. The first-order chi connectivity index (χ1) is 10.2.